The Hall–Kier alpha value is -11.3. The number of amides is 6. The minimum atomic E-state index is -3.80. The minimum Gasteiger partial charge on any atom is -0.463 e. The minimum absolute atomic E-state index is 0.0226. The molecule has 3 aromatic rings. The van der Waals surface area contributed by atoms with Crippen LogP contribution in [0.5, 0.6) is 0 Å². The zero-order valence-corrected chi connectivity index (χ0v) is 76.2. The second kappa shape index (κ2) is 51.5. The predicted octanol–water partition coefficient (Wildman–Crippen LogP) is -1.56. The number of esters is 10. The summed E-state index contributed by atoms with van der Waals surface area (Å²) in [5, 5.41) is 26.3. The lowest BCUT2D eigenvalue weighted by Crippen LogP contribution is -2.71. The van der Waals surface area contributed by atoms with Crippen molar-refractivity contribution in [3.05, 3.63) is 96.6 Å². The van der Waals surface area contributed by atoms with Crippen molar-refractivity contribution >= 4 is 115 Å². The van der Waals surface area contributed by atoms with Crippen LogP contribution in [0.15, 0.2) is 101 Å². The van der Waals surface area contributed by atoms with Crippen molar-refractivity contribution in [2.75, 3.05) is 51.1 Å². The third-order valence-electron chi connectivity index (χ3n) is 19.2. The lowest BCUT2D eigenvalue weighted by Gasteiger charge is -2.50. The molecule has 24 atom stereocenters. The molecule has 0 saturated carbocycles. The fourth-order valence-corrected chi connectivity index (χ4v) is 15.8. The van der Waals surface area contributed by atoms with Gasteiger partial charge in [0.1, 0.15) is 137 Å². The zero-order valence-electron chi connectivity index (χ0n) is 74.6. The molecule has 4 aliphatic heterocycles. The van der Waals surface area contributed by atoms with Gasteiger partial charge in [0.25, 0.3) is 0 Å². The molecule has 6 amide bonds. The number of carbonyl (C=O) groups is 16. The molecule has 46 nitrogen and oxygen atoms in total. The molecule has 4 heterocycles. The highest BCUT2D eigenvalue weighted by Crippen LogP contribution is 2.37. The van der Waals surface area contributed by atoms with Crippen molar-refractivity contribution in [1.82, 2.24) is 31.9 Å². The fraction of sp³-hybridized carbons (Fsp3) is 0.590. The van der Waals surface area contributed by atoms with Crippen molar-refractivity contribution in [1.29, 1.82) is 0 Å². The number of hydrogen-bond donors (Lipinski definition) is 7. The van der Waals surface area contributed by atoms with Crippen LogP contribution in [0.3, 0.4) is 0 Å². The Labute approximate surface area is 753 Å². The molecular formula is C83H112N6O40S2. The third kappa shape index (κ3) is 34.7. The topological polar surface area (TPSA) is 609 Å². The molecule has 0 radical (unpaired) electrons. The summed E-state index contributed by atoms with van der Waals surface area (Å²) in [5.74, 6) is -14.4. The summed E-state index contributed by atoms with van der Waals surface area (Å²) in [6.07, 6.45) is -28.5. The lowest BCUT2D eigenvalue weighted by atomic mass is 9.93. The van der Waals surface area contributed by atoms with E-state index < -0.39 is 313 Å². The van der Waals surface area contributed by atoms with Gasteiger partial charge in [-0.1, -0.05) is 66.7 Å². The summed E-state index contributed by atoms with van der Waals surface area (Å²) in [6, 6.07) is 15.1. The van der Waals surface area contributed by atoms with Crippen molar-refractivity contribution in [2.24, 2.45) is 0 Å². The SMILES string of the molecule is CC(=O)N[C@@H]1[C@@H](O[C@H](C)C(=O)N[C@@H](C)C(=O)OCCS(=O)(=O)c2ccccc2)[C@H](O[C@@H]2O[C@H](COC(C)=O)[C@@H](OC(C)=O)[C@H](OC(C)=O)[C@H]2NC(C)=O)[C@@H](COC(C)=O)O[C@@H]1O.CC(=O)N[C@H]1[C@H](O[C@H]2[C@H](O[C@H](C)C(=O)N[C@@H](C)C(=O)OCCS(=O)(=O)c3ccccc3)[C@@H](NC(C)=O)[C@@H](OCc3ccccc3)O[C@@H]2COC(C)=O)O[C@H](COC(C)=O)[C@@H](OC(C)=O)[C@@H]1OC(C)=O. The lowest BCUT2D eigenvalue weighted by molar-refractivity contribution is -0.339. The maximum atomic E-state index is 13.9. The van der Waals surface area contributed by atoms with Crippen LogP contribution in [0.25, 0.3) is 0 Å². The van der Waals surface area contributed by atoms with Crippen LogP contribution in [0, 0.1) is 0 Å². The molecule has 4 saturated heterocycles. The number of benzene rings is 3. The molecule has 0 aromatic heterocycles. The molecule has 48 heteroatoms. The Morgan fingerprint density at radius 3 is 0.969 bits per heavy atom. The highest BCUT2D eigenvalue weighted by atomic mass is 32.2. The third-order valence-corrected chi connectivity index (χ3v) is 22.6. The number of hydrogen-bond acceptors (Lipinski definition) is 40. The fourth-order valence-electron chi connectivity index (χ4n) is 13.6. The van der Waals surface area contributed by atoms with Crippen molar-refractivity contribution in [3.8, 4) is 0 Å². The standard InChI is InChI=1S/C45H59N3O20S.C38H53N3O20S/c1-24(43(56)59-19-20-69(57,58)33-17-13-10-14-18-33)46-42(55)25(2)63-40-36(47-26(3)49)44(62-21-32-15-11-9-12-16-32)66-35(23-61-29(6)52)39(40)68-45-37(48-27(4)50)41(65-31(8)54)38(64-30(7)53)34(67-45)22-60-28(5)51;1-18(36(49)53-14-15-62(51,52)26-12-10-9-11-13-26)39-35(48)19(2)56-33-29(40-20(3)42)37(50)59-27(16-54-22(5)44)32(33)61-38-30(41-21(4)43)34(58-25(8)47)31(57-24(7)46)28(60-38)17-55-23(6)45/h9-18,24-25,34-41,44-45H,19-23H2,1-8H3,(H,46,55)(H,47,49)(H,48,50);9-13,18-19,27-34,37-38,50H,14-17H2,1-8H3,(H,39,48)(H,40,42)(H,41,43)/t24-,25+,34+,35+,36+,37+,38+,39+,40+,41+,44-,45-;18-,19+,27+,28+,29+,30+,31+,32+,33+,34+,37-,38-/m00/s1. The Kier molecular flexibility index (Phi) is 42.6. The van der Waals surface area contributed by atoms with Gasteiger partial charge in [0, 0.05) is 83.1 Å². The molecule has 0 unspecified atom stereocenters. The smallest absolute Gasteiger partial charge is 0.328 e. The molecule has 4 aliphatic rings. The first kappa shape index (κ1) is 108. The monoisotopic (exact) mass is 1900 g/mol. The van der Waals surface area contributed by atoms with Crippen molar-refractivity contribution < 1.29 is 189 Å². The molecule has 0 aliphatic carbocycles. The van der Waals surface area contributed by atoms with Crippen LogP contribution >= 0.6 is 0 Å². The molecule has 0 bridgehead atoms. The first-order chi connectivity index (χ1) is 61.5. The van der Waals surface area contributed by atoms with E-state index in [2.05, 4.69) is 31.9 Å². The summed E-state index contributed by atoms with van der Waals surface area (Å²) < 4.78 is 160. The second-order valence-corrected chi connectivity index (χ2v) is 34.4. The Morgan fingerprint density at radius 1 is 0.351 bits per heavy atom. The van der Waals surface area contributed by atoms with Gasteiger partial charge in [-0.15, -0.1) is 0 Å². The van der Waals surface area contributed by atoms with Crippen LogP contribution in [0.4, 0.5) is 0 Å². The highest BCUT2D eigenvalue weighted by molar-refractivity contribution is 7.91. The van der Waals surface area contributed by atoms with E-state index in [1.165, 1.54) is 71.0 Å². The van der Waals surface area contributed by atoms with E-state index in [9.17, 15) is 98.7 Å². The van der Waals surface area contributed by atoms with Gasteiger partial charge in [-0.25, -0.2) is 26.4 Å². The number of aliphatic hydroxyl groups is 1. The van der Waals surface area contributed by atoms with Crippen molar-refractivity contribution in [2.45, 2.75) is 274 Å². The van der Waals surface area contributed by atoms with Crippen LogP contribution in [-0.2, 0) is 193 Å². The summed E-state index contributed by atoms with van der Waals surface area (Å²) >= 11 is 0. The molecule has 0 spiro atoms. The van der Waals surface area contributed by atoms with E-state index in [1.54, 1.807) is 54.6 Å². The van der Waals surface area contributed by atoms with E-state index in [4.69, 9.17) is 90.0 Å². The van der Waals surface area contributed by atoms with Crippen molar-refractivity contribution in [3.63, 3.8) is 0 Å². The average Bonchev–Trinajstić information content (AvgIpc) is 0.766. The number of ether oxygens (including phenoxy) is 19. The van der Waals surface area contributed by atoms with Crippen LogP contribution in [0.1, 0.15) is 116 Å². The summed E-state index contributed by atoms with van der Waals surface area (Å²) in [7, 11) is -7.60. The first-order valence-electron chi connectivity index (χ1n) is 40.9. The molecular weight excluding hydrogens is 1790 g/mol. The molecule has 7 N–H and O–H groups in total. The maximum absolute atomic E-state index is 13.9. The summed E-state index contributed by atoms with van der Waals surface area (Å²) in [5.41, 5.74) is 0.674. The van der Waals surface area contributed by atoms with E-state index >= 15 is 0 Å². The summed E-state index contributed by atoms with van der Waals surface area (Å²) in [6.45, 7) is 14.5. The van der Waals surface area contributed by atoms with Gasteiger partial charge in [-0.2, -0.15) is 0 Å². The molecule has 7 rings (SSSR count). The Bertz CT molecular complexity index is 4670. The zero-order chi connectivity index (χ0) is 97.5. The van der Waals surface area contributed by atoms with Gasteiger partial charge >= 0.3 is 59.7 Å². The van der Waals surface area contributed by atoms with E-state index in [-0.39, 0.29) is 16.4 Å². The predicted molar refractivity (Wildman–Crippen MR) is 440 cm³/mol. The average molecular weight is 1900 g/mol. The van der Waals surface area contributed by atoms with Gasteiger partial charge in [-0.3, -0.25) is 67.1 Å². The Morgan fingerprint density at radius 2 is 0.641 bits per heavy atom. The summed E-state index contributed by atoms with van der Waals surface area (Å²) in [4.78, 5) is 202. The molecule has 131 heavy (non-hydrogen) atoms. The largest absolute Gasteiger partial charge is 0.463 e. The van der Waals surface area contributed by atoms with Gasteiger partial charge in [-0.05, 0) is 57.5 Å². The van der Waals surface area contributed by atoms with Gasteiger partial charge in [0.2, 0.25) is 35.4 Å². The number of carbonyl (C=O) groups excluding carboxylic acids is 16. The quantitative estimate of drug-likeness (QED) is 0.0249. The molecule has 726 valence electrons. The number of nitrogens with one attached hydrogen (secondary N) is 6. The second-order valence-electron chi connectivity index (χ2n) is 30.1. The van der Waals surface area contributed by atoms with Gasteiger partial charge in [0.15, 0.2) is 69.3 Å². The molecule has 4 fully saturated rings. The molecule has 3 aromatic carbocycles. The first-order valence-corrected chi connectivity index (χ1v) is 44.2. The maximum Gasteiger partial charge on any atom is 0.328 e. The van der Waals surface area contributed by atoms with E-state index in [1.807, 2.05) is 0 Å². The van der Waals surface area contributed by atoms with Crippen LogP contribution < -0.4 is 31.9 Å². The van der Waals surface area contributed by atoms with Crippen LogP contribution in [0.2, 0.25) is 0 Å². The van der Waals surface area contributed by atoms with E-state index in [0.29, 0.717) is 5.56 Å². The normalized spacial score (nSPS) is 26.1. The number of rotatable bonds is 41. The van der Waals surface area contributed by atoms with Gasteiger partial charge in [0.05, 0.1) is 27.9 Å². The van der Waals surface area contributed by atoms with E-state index in [0.717, 1.165) is 76.2 Å². The number of aliphatic hydroxyl groups excluding tert-OH is 1. The highest BCUT2D eigenvalue weighted by Gasteiger charge is 2.59. The Balaban J connectivity index is 0.000000406. The number of sulfone groups is 2. The van der Waals surface area contributed by atoms with Crippen LogP contribution in [-0.4, -0.2) is 315 Å². The van der Waals surface area contributed by atoms with Gasteiger partial charge < -0.3 is 127 Å².